The Morgan fingerprint density at radius 1 is 1.39 bits per heavy atom. The third-order valence-corrected chi connectivity index (χ3v) is 3.71. The Labute approximate surface area is 110 Å². The first-order valence-electron chi connectivity index (χ1n) is 7.16. The molecule has 0 amide bonds. The van der Waals surface area contributed by atoms with Crippen LogP contribution in [0.2, 0.25) is 0 Å². The molecule has 0 saturated heterocycles. The summed E-state index contributed by atoms with van der Waals surface area (Å²) >= 11 is 0. The minimum Gasteiger partial charge on any atom is -0.465 e. The predicted octanol–water partition coefficient (Wildman–Crippen LogP) is 3.40. The van der Waals surface area contributed by atoms with E-state index in [9.17, 15) is 0 Å². The monoisotopic (exact) mass is 251 g/mol. The number of aryl methyl sites for hydroxylation is 1. The number of ether oxygens (including phenoxy) is 1. The van der Waals surface area contributed by atoms with Crippen LogP contribution in [0.25, 0.3) is 0 Å². The summed E-state index contributed by atoms with van der Waals surface area (Å²) in [5, 5.41) is 3.27. The van der Waals surface area contributed by atoms with Crippen molar-refractivity contribution in [3.05, 3.63) is 23.2 Å². The van der Waals surface area contributed by atoms with Crippen molar-refractivity contribution in [1.82, 2.24) is 5.32 Å². The molecule has 1 aromatic heterocycles. The molecule has 1 fully saturated rings. The zero-order chi connectivity index (χ0) is 12.8. The molecule has 102 valence electrons. The lowest BCUT2D eigenvalue weighted by Gasteiger charge is -2.08. The van der Waals surface area contributed by atoms with Crippen LogP contribution in [0.15, 0.2) is 10.5 Å². The maximum absolute atomic E-state index is 5.82. The minimum absolute atomic E-state index is 0.692. The van der Waals surface area contributed by atoms with Gasteiger partial charge in [0.2, 0.25) is 0 Å². The molecule has 1 saturated carbocycles. The Bertz CT molecular complexity index is 353. The number of furan rings is 1. The second kappa shape index (κ2) is 6.95. The van der Waals surface area contributed by atoms with Gasteiger partial charge in [0.1, 0.15) is 11.5 Å². The highest BCUT2D eigenvalue weighted by Crippen LogP contribution is 2.25. The number of hydrogen-bond donors (Lipinski definition) is 1. The van der Waals surface area contributed by atoms with Crippen LogP contribution < -0.4 is 5.32 Å². The summed E-state index contributed by atoms with van der Waals surface area (Å²) in [6.07, 6.45) is 5.45. The molecule has 0 aliphatic heterocycles. The molecular formula is C15H25NO2. The minimum atomic E-state index is 0.692. The van der Waals surface area contributed by atoms with Gasteiger partial charge in [0.15, 0.2) is 0 Å². The van der Waals surface area contributed by atoms with Gasteiger partial charge < -0.3 is 14.5 Å². The standard InChI is InChI=1S/C15H25NO2/c1-3-16-9-15-8-14(12(2)18-15)11-17-10-13-6-4-5-7-13/h8,13,16H,3-7,9-11H2,1-2H3. The molecule has 3 heteroatoms. The maximum atomic E-state index is 5.82. The van der Waals surface area contributed by atoms with Gasteiger partial charge >= 0.3 is 0 Å². The normalized spacial score (nSPS) is 16.6. The van der Waals surface area contributed by atoms with Crippen molar-refractivity contribution in [2.24, 2.45) is 5.92 Å². The van der Waals surface area contributed by atoms with Crippen molar-refractivity contribution in [2.45, 2.75) is 52.7 Å². The number of hydrogen-bond acceptors (Lipinski definition) is 3. The third kappa shape index (κ3) is 3.85. The molecular weight excluding hydrogens is 226 g/mol. The smallest absolute Gasteiger partial charge is 0.118 e. The zero-order valence-corrected chi connectivity index (χ0v) is 11.6. The van der Waals surface area contributed by atoms with E-state index in [4.69, 9.17) is 9.15 Å². The Hall–Kier alpha value is -0.800. The summed E-state index contributed by atoms with van der Waals surface area (Å²) in [6.45, 7) is 7.49. The van der Waals surface area contributed by atoms with Crippen LogP contribution in [0, 0.1) is 12.8 Å². The largest absolute Gasteiger partial charge is 0.465 e. The van der Waals surface area contributed by atoms with Crippen molar-refractivity contribution in [3.63, 3.8) is 0 Å². The highest BCUT2D eigenvalue weighted by atomic mass is 16.5. The predicted molar refractivity (Wildman–Crippen MR) is 72.4 cm³/mol. The van der Waals surface area contributed by atoms with Gasteiger partial charge in [-0.15, -0.1) is 0 Å². The molecule has 1 N–H and O–H groups in total. The zero-order valence-electron chi connectivity index (χ0n) is 11.6. The van der Waals surface area contributed by atoms with Crippen molar-refractivity contribution < 1.29 is 9.15 Å². The van der Waals surface area contributed by atoms with Crippen LogP contribution >= 0.6 is 0 Å². The fourth-order valence-electron chi connectivity index (χ4n) is 2.58. The van der Waals surface area contributed by atoms with Crippen molar-refractivity contribution in [3.8, 4) is 0 Å². The lowest BCUT2D eigenvalue weighted by atomic mass is 10.1. The number of rotatable bonds is 7. The van der Waals surface area contributed by atoms with Gasteiger partial charge in [-0.1, -0.05) is 19.8 Å². The van der Waals surface area contributed by atoms with E-state index in [1.165, 1.54) is 31.2 Å². The van der Waals surface area contributed by atoms with Crippen molar-refractivity contribution in [1.29, 1.82) is 0 Å². The van der Waals surface area contributed by atoms with Gasteiger partial charge in [-0.2, -0.15) is 0 Å². The van der Waals surface area contributed by atoms with Crippen LogP contribution in [0.1, 0.15) is 49.7 Å². The Morgan fingerprint density at radius 3 is 2.89 bits per heavy atom. The van der Waals surface area contributed by atoms with Crippen LogP contribution in [-0.4, -0.2) is 13.2 Å². The molecule has 1 heterocycles. The molecule has 1 aliphatic carbocycles. The van der Waals surface area contributed by atoms with Crippen LogP contribution in [-0.2, 0) is 17.9 Å². The van der Waals surface area contributed by atoms with E-state index >= 15 is 0 Å². The molecule has 0 unspecified atom stereocenters. The Balaban J connectivity index is 1.75. The summed E-state index contributed by atoms with van der Waals surface area (Å²) < 4.78 is 11.5. The van der Waals surface area contributed by atoms with Gasteiger partial charge in [0.05, 0.1) is 13.2 Å². The number of nitrogens with one attached hydrogen (secondary N) is 1. The highest BCUT2D eigenvalue weighted by molar-refractivity contribution is 5.19. The van der Waals surface area contributed by atoms with Gasteiger partial charge in [-0.3, -0.25) is 0 Å². The van der Waals surface area contributed by atoms with Gasteiger partial charge in [-0.05, 0) is 38.3 Å². The second-order valence-corrected chi connectivity index (χ2v) is 5.24. The van der Waals surface area contributed by atoms with E-state index in [1.54, 1.807) is 0 Å². The first kappa shape index (κ1) is 13.6. The van der Waals surface area contributed by atoms with E-state index in [0.29, 0.717) is 6.61 Å². The van der Waals surface area contributed by atoms with E-state index in [-0.39, 0.29) is 0 Å². The van der Waals surface area contributed by atoms with Crippen molar-refractivity contribution >= 4 is 0 Å². The molecule has 18 heavy (non-hydrogen) atoms. The molecule has 0 radical (unpaired) electrons. The molecule has 2 rings (SSSR count). The average molecular weight is 251 g/mol. The van der Waals surface area contributed by atoms with Gasteiger partial charge in [0, 0.05) is 12.2 Å². The first-order chi connectivity index (χ1) is 8.79. The fourth-order valence-corrected chi connectivity index (χ4v) is 2.58. The molecule has 0 spiro atoms. The van der Waals surface area contributed by atoms with Crippen LogP contribution in [0.4, 0.5) is 0 Å². The Morgan fingerprint density at radius 2 is 2.17 bits per heavy atom. The quantitative estimate of drug-likeness (QED) is 0.806. The second-order valence-electron chi connectivity index (χ2n) is 5.24. The summed E-state index contributed by atoms with van der Waals surface area (Å²) in [5.74, 6) is 2.79. The Kier molecular flexibility index (Phi) is 5.26. The van der Waals surface area contributed by atoms with E-state index in [2.05, 4.69) is 18.3 Å². The lowest BCUT2D eigenvalue weighted by Crippen LogP contribution is -2.10. The molecule has 0 bridgehead atoms. The summed E-state index contributed by atoms with van der Waals surface area (Å²) in [6, 6.07) is 2.12. The van der Waals surface area contributed by atoms with Crippen LogP contribution in [0.5, 0.6) is 0 Å². The van der Waals surface area contributed by atoms with Crippen LogP contribution in [0.3, 0.4) is 0 Å². The SMILES string of the molecule is CCNCc1cc(COCC2CCCC2)c(C)o1. The summed E-state index contributed by atoms with van der Waals surface area (Å²) in [4.78, 5) is 0. The van der Waals surface area contributed by atoms with Gasteiger partial charge in [-0.25, -0.2) is 0 Å². The van der Waals surface area contributed by atoms with E-state index < -0.39 is 0 Å². The highest BCUT2D eigenvalue weighted by Gasteiger charge is 2.15. The molecule has 0 aromatic carbocycles. The lowest BCUT2D eigenvalue weighted by molar-refractivity contribution is 0.0881. The molecule has 1 aliphatic rings. The first-order valence-corrected chi connectivity index (χ1v) is 7.16. The molecule has 0 atom stereocenters. The summed E-state index contributed by atoms with van der Waals surface area (Å²) in [5.41, 5.74) is 1.20. The topological polar surface area (TPSA) is 34.4 Å². The molecule has 1 aromatic rings. The summed E-state index contributed by atoms with van der Waals surface area (Å²) in [7, 11) is 0. The van der Waals surface area contributed by atoms with Crippen molar-refractivity contribution in [2.75, 3.05) is 13.2 Å². The van der Waals surface area contributed by atoms with E-state index in [1.807, 2.05) is 6.92 Å². The molecule has 3 nitrogen and oxygen atoms in total. The van der Waals surface area contributed by atoms with E-state index in [0.717, 1.165) is 37.1 Å². The third-order valence-electron chi connectivity index (χ3n) is 3.71. The maximum Gasteiger partial charge on any atom is 0.118 e. The van der Waals surface area contributed by atoms with Gasteiger partial charge in [0.25, 0.3) is 0 Å². The fraction of sp³-hybridized carbons (Fsp3) is 0.733. The average Bonchev–Trinajstić information content (AvgIpc) is 2.98.